The Bertz CT molecular complexity index is 520. The van der Waals surface area contributed by atoms with Gasteiger partial charge in [0.2, 0.25) is 0 Å². The third kappa shape index (κ3) is 2.21. The third-order valence-electron chi connectivity index (χ3n) is 3.03. The van der Waals surface area contributed by atoms with Gasteiger partial charge in [0, 0.05) is 12.0 Å². The van der Waals surface area contributed by atoms with Gasteiger partial charge < -0.3 is 9.73 Å². The number of oxazole rings is 1. The van der Waals surface area contributed by atoms with Gasteiger partial charge in [0.1, 0.15) is 12.0 Å². The molecule has 2 aromatic rings. The number of rotatable bonds is 3. The van der Waals surface area contributed by atoms with Crippen molar-refractivity contribution in [3.8, 4) is 11.3 Å². The first kappa shape index (κ1) is 10.8. The molecular formula is C13H13ClN2O. The zero-order valence-electron chi connectivity index (χ0n) is 9.32. The number of benzene rings is 1. The molecule has 4 heteroatoms. The van der Waals surface area contributed by atoms with Gasteiger partial charge in [-0.05, 0) is 25.1 Å². The quantitative estimate of drug-likeness (QED) is 0.908. The number of nitrogens with zero attached hydrogens (tertiary/aromatic N) is 1. The molecule has 0 unspecified atom stereocenters. The molecule has 0 saturated carbocycles. The summed E-state index contributed by atoms with van der Waals surface area (Å²) < 4.78 is 5.48. The summed E-state index contributed by atoms with van der Waals surface area (Å²) in [5, 5.41) is 3.94. The van der Waals surface area contributed by atoms with Crippen LogP contribution in [0.4, 0.5) is 0 Å². The Labute approximate surface area is 105 Å². The summed E-state index contributed by atoms with van der Waals surface area (Å²) in [6.45, 7) is 2.12. The molecule has 0 bridgehead atoms. The van der Waals surface area contributed by atoms with Crippen LogP contribution in [0.1, 0.15) is 5.89 Å². The summed E-state index contributed by atoms with van der Waals surface area (Å²) in [5.74, 6) is 1.46. The second kappa shape index (κ2) is 4.51. The fourth-order valence-corrected chi connectivity index (χ4v) is 2.17. The minimum Gasteiger partial charge on any atom is -0.448 e. The first-order chi connectivity index (χ1) is 8.33. The molecular weight excluding hydrogens is 236 g/mol. The molecule has 1 aromatic heterocycles. The van der Waals surface area contributed by atoms with Gasteiger partial charge in [0.25, 0.3) is 0 Å². The number of hydrogen-bond donors (Lipinski definition) is 1. The van der Waals surface area contributed by atoms with E-state index in [-0.39, 0.29) is 0 Å². The molecule has 0 atom stereocenters. The molecule has 1 aromatic carbocycles. The van der Waals surface area contributed by atoms with E-state index < -0.39 is 0 Å². The average Bonchev–Trinajstić information content (AvgIpc) is 2.73. The van der Waals surface area contributed by atoms with Crippen molar-refractivity contribution in [2.45, 2.75) is 6.42 Å². The minimum absolute atomic E-state index is 0.660. The van der Waals surface area contributed by atoms with Gasteiger partial charge in [-0.2, -0.15) is 0 Å². The molecule has 3 rings (SSSR count). The fraction of sp³-hybridized carbons (Fsp3) is 0.308. The van der Waals surface area contributed by atoms with Crippen molar-refractivity contribution in [2.75, 3.05) is 13.1 Å². The van der Waals surface area contributed by atoms with Crippen LogP contribution in [0.2, 0.25) is 5.02 Å². The van der Waals surface area contributed by atoms with Crippen LogP contribution in [0, 0.1) is 5.92 Å². The van der Waals surface area contributed by atoms with Crippen LogP contribution in [0.15, 0.2) is 34.9 Å². The molecule has 1 saturated heterocycles. The van der Waals surface area contributed by atoms with Crippen molar-refractivity contribution in [1.82, 2.24) is 10.3 Å². The Hall–Kier alpha value is -1.32. The van der Waals surface area contributed by atoms with Crippen LogP contribution in [0.3, 0.4) is 0 Å². The second-order valence-electron chi connectivity index (χ2n) is 4.33. The second-order valence-corrected chi connectivity index (χ2v) is 4.74. The van der Waals surface area contributed by atoms with Crippen LogP contribution in [0.25, 0.3) is 11.3 Å². The highest BCUT2D eigenvalue weighted by atomic mass is 35.5. The molecule has 1 aliphatic heterocycles. The summed E-state index contributed by atoms with van der Waals surface area (Å²) in [4.78, 5) is 4.48. The minimum atomic E-state index is 0.660. The van der Waals surface area contributed by atoms with Gasteiger partial charge in [-0.15, -0.1) is 0 Å². The molecule has 2 heterocycles. The van der Waals surface area contributed by atoms with Gasteiger partial charge in [-0.1, -0.05) is 29.8 Å². The average molecular weight is 249 g/mol. The number of aromatic nitrogens is 1. The van der Waals surface area contributed by atoms with Crippen molar-refractivity contribution < 1.29 is 4.42 Å². The van der Waals surface area contributed by atoms with Gasteiger partial charge in [0.05, 0.1) is 5.02 Å². The summed E-state index contributed by atoms with van der Waals surface area (Å²) in [6.07, 6.45) is 2.58. The molecule has 1 N–H and O–H groups in total. The van der Waals surface area contributed by atoms with Gasteiger partial charge in [-0.25, -0.2) is 4.98 Å². The van der Waals surface area contributed by atoms with Crippen LogP contribution >= 0.6 is 11.6 Å². The summed E-state index contributed by atoms with van der Waals surface area (Å²) in [5.41, 5.74) is 1.74. The lowest BCUT2D eigenvalue weighted by molar-refractivity contribution is 0.318. The van der Waals surface area contributed by atoms with E-state index in [2.05, 4.69) is 10.3 Å². The first-order valence-electron chi connectivity index (χ1n) is 5.73. The highest BCUT2D eigenvalue weighted by molar-refractivity contribution is 6.33. The third-order valence-corrected chi connectivity index (χ3v) is 3.36. The molecule has 0 amide bonds. The lowest BCUT2D eigenvalue weighted by atomic mass is 10.00. The number of hydrogen-bond acceptors (Lipinski definition) is 3. The molecule has 88 valence electrons. The maximum absolute atomic E-state index is 6.12. The number of nitrogens with one attached hydrogen (secondary N) is 1. The standard InChI is InChI=1S/C13H13ClN2O/c14-11-4-2-1-3-10(11)12-8-17-13(16-12)5-9-6-15-7-9/h1-4,8-9,15H,5-7H2. The van der Waals surface area contributed by atoms with E-state index in [0.717, 1.165) is 36.7 Å². The highest BCUT2D eigenvalue weighted by Gasteiger charge is 2.20. The summed E-state index contributed by atoms with van der Waals surface area (Å²) in [6, 6.07) is 7.67. The zero-order valence-corrected chi connectivity index (χ0v) is 10.1. The monoisotopic (exact) mass is 248 g/mol. The zero-order chi connectivity index (χ0) is 11.7. The molecule has 1 aliphatic rings. The molecule has 0 aliphatic carbocycles. The fourth-order valence-electron chi connectivity index (χ4n) is 1.94. The number of halogens is 1. The Kier molecular flexibility index (Phi) is 2.87. The van der Waals surface area contributed by atoms with Crippen molar-refractivity contribution >= 4 is 11.6 Å². The van der Waals surface area contributed by atoms with E-state index >= 15 is 0 Å². The SMILES string of the molecule is Clc1ccccc1-c1coc(CC2CNC2)n1. The summed E-state index contributed by atoms with van der Waals surface area (Å²) in [7, 11) is 0. The lowest BCUT2D eigenvalue weighted by Crippen LogP contribution is -2.43. The van der Waals surface area contributed by atoms with Gasteiger partial charge in [0.15, 0.2) is 5.89 Å². The first-order valence-corrected chi connectivity index (χ1v) is 6.11. The van der Waals surface area contributed by atoms with E-state index in [1.807, 2.05) is 24.3 Å². The molecule has 3 nitrogen and oxygen atoms in total. The van der Waals surface area contributed by atoms with Crippen LogP contribution < -0.4 is 5.32 Å². The van der Waals surface area contributed by atoms with E-state index in [4.69, 9.17) is 16.0 Å². The molecule has 1 fully saturated rings. The normalized spacial score (nSPS) is 15.8. The van der Waals surface area contributed by atoms with Crippen LogP contribution in [-0.2, 0) is 6.42 Å². The maximum Gasteiger partial charge on any atom is 0.194 e. The van der Waals surface area contributed by atoms with Crippen molar-refractivity contribution in [3.63, 3.8) is 0 Å². The Morgan fingerprint density at radius 1 is 1.35 bits per heavy atom. The Morgan fingerprint density at radius 3 is 2.88 bits per heavy atom. The van der Waals surface area contributed by atoms with Crippen molar-refractivity contribution in [1.29, 1.82) is 0 Å². The van der Waals surface area contributed by atoms with E-state index in [9.17, 15) is 0 Å². The van der Waals surface area contributed by atoms with Gasteiger partial charge in [-0.3, -0.25) is 0 Å². The highest BCUT2D eigenvalue weighted by Crippen LogP contribution is 2.27. The van der Waals surface area contributed by atoms with E-state index in [1.165, 1.54) is 0 Å². The van der Waals surface area contributed by atoms with E-state index in [0.29, 0.717) is 10.9 Å². The van der Waals surface area contributed by atoms with Gasteiger partial charge >= 0.3 is 0 Å². The predicted molar refractivity (Wildman–Crippen MR) is 67.0 cm³/mol. The van der Waals surface area contributed by atoms with Crippen molar-refractivity contribution in [3.05, 3.63) is 41.4 Å². The maximum atomic E-state index is 6.12. The van der Waals surface area contributed by atoms with Crippen molar-refractivity contribution in [2.24, 2.45) is 5.92 Å². The molecule has 0 spiro atoms. The van der Waals surface area contributed by atoms with E-state index in [1.54, 1.807) is 6.26 Å². The Morgan fingerprint density at radius 2 is 2.18 bits per heavy atom. The Balaban J connectivity index is 1.82. The molecule has 17 heavy (non-hydrogen) atoms. The smallest absolute Gasteiger partial charge is 0.194 e. The van der Waals surface area contributed by atoms with Crippen LogP contribution in [-0.4, -0.2) is 18.1 Å². The summed E-state index contributed by atoms with van der Waals surface area (Å²) >= 11 is 6.12. The largest absolute Gasteiger partial charge is 0.448 e. The topological polar surface area (TPSA) is 38.1 Å². The predicted octanol–water partition coefficient (Wildman–Crippen LogP) is 2.76. The van der Waals surface area contributed by atoms with Crippen LogP contribution in [0.5, 0.6) is 0 Å². The lowest BCUT2D eigenvalue weighted by Gasteiger charge is -2.25. The molecule has 0 radical (unpaired) electrons.